The molecular formula is C17H11N3O3. The fourth-order valence-electron chi connectivity index (χ4n) is 2.73. The highest BCUT2D eigenvalue weighted by atomic mass is 16.3. The zero-order valence-corrected chi connectivity index (χ0v) is 11.9. The lowest BCUT2D eigenvalue weighted by atomic mass is 10.1. The third kappa shape index (κ3) is 2.00. The third-order valence-electron chi connectivity index (χ3n) is 3.73. The van der Waals surface area contributed by atoms with Crippen LogP contribution in [0.5, 0.6) is 5.75 Å². The van der Waals surface area contributed by atoms with E-state index in [1.54, 1.807) is 34.9 Å². The number of aromatic nitrogens is 3. The summed E-state index contributed by atoms with van der Waals surface area (Å²) in [5.74, 6) is 0.239. The van der Waals surface area contributed by atoms with E-state index in [9.17, 15) is 14.7 Å². The second-order valence-corrected chi connectivity index (χ2v) is 5.14. The molecule has 23 heavy (non-hydrogen) atoms. The van der Waals surface area contributed by atoms with Crippen LogP contribution in [0.2, 0.25) is 0 Å². The molecule has 0 atom stereocenters. The van der Waals surface area contributed by atoms with Crippen molar-refractivity contribution >= 4 is 10.9 Å². The lowest BCUT2D eigenvalue weighted by molar-refractivity contribution is 0.472. The molecule has 2 aliphatic heterocycles. The summed E-state index contributed by atoms with van der Waals surface area (Å²) in [7, 11) is 0. The van der Waals surface area contributed by atoms with Crippen molar-refractivity contribution in [2.75, 3.05) is 0 Å². The molecule has 2 aliphatic rings. The summed E-state index contributed by atoms with van der Waals surface area (Å²) in [6, 6.07) is 15.8. The predicted octanol–water partition coefficient (Wildman–Crippen LogP) is 1.88. The Bertz CT molecular complexity index is 1130. The Morgan fingerprint density at radius 1 is 1.00 bits per heavy atom. The third-order valence-corrected chi connectivity index (χ3v) is 3.73. The average Bonchev–Trinajstić information content (AvgIpc) is 2.54. The van der Waals surface area contributed by atoms with Crippen molar-refractivity contribution < 1.29 is 5.11 Å². The smallest absolute Gasteiger partial charge is 0.349 e. The first-order valence-electron chi connectivity index (χ1n) is 6.98. The molecule has 0 aromatic heterocycles. The van der Waals surface area contributed by atoms with Crippen LogP contribution in [0.4, 0.5) is 0 Å². The molecule has 2 aromatic rings. The molecule has 0 bridgehead atoms. The minimum absolute atomic E-state index is 0.0321. The summed E-state index contributed by atoms with van der Waals surface area (Å²) in [4.78, 5) is 29.9. The SMILES string of the molecule is O=c1nc2n(-c3ccccc3O)c3ccccc3cc-2c(=O)[nH]1. The van der Waals surface area contributed by atoms with E-state index >= 15 is 0 Å². The molecule has 2 aromatic carbocycles. The van der Waals surface area contributed by atoms with Gasteiger partial charge < -0.3 is 5.11 Å². The largest absolute Gasteiger partial charge is 0.506 e. The molecule has 0 saturated carbocycles. The lowest BCUT2D eigenvalue weighted by Crippen LogP contribution is -2.27. The summed E-state index contributed by atoms with van der Waals surface area (Å²) < 4.78 is 1.62. The molecule has 0 fully saturated rings. The molecule has 2 heterocycles. The number of para-hydroxylation sites is 3. The van der Waals surface area contributed by atoms with Crippen LogP contribution >= 0.6 is 0 Å². The number of hydrogen-bond donors (Lipinski definition) is 2. The van der Waals surface area contributed by atoms with Crippen LogP contribution in [-0.2, 0) is 0 Å². The Morgan fingerprint density at radius 2 is 1.74 bits per heavy atom. The summed E-state index contributed by atoms with van der Waals surface area (Å²) >= 11 is 0. The first kappa shape index (κ1) is 13.3. The van der Waals surface area contributed by atoms with Crippen LogP contribution in [0.25, 0.3) is 28.0 Å². The van der Waals surface area contributed by atoms with Gasteiger partial charge in [-0.25, -0.2) is 4.79 Å². The zero-order valence-electron chi connectivity index (χ0n) is 11.9. The van der Waals surface area contributed by atoms with Crippen molar-refractivity contribution in [1.82, 2.24) is 14.5 Å². The highest BCUT2D eigenvalue weighted by Crippen LogP contribution is 2.31. The molecule has 6 heteroatoms. The van der Waals surface area contributed by atoms with Crippen LogP contribution in [0.3, 0.4) is 0 Å². The van der Waals surface area contributed by atoms with Gasteiger partial charge in [0.05, 0.1) is 16.8 Å². The van der Waals surface area contributed by atoms with Gasteiger partial charge in [0.15, 0.2) is 5.82 Å². The molecule has 6 nitrogen and oxygen atoms in total. The number of aromatic hydroxyl groups is 1. The number of aromatic amines is 1. The van der Waals surface area contributed by atoms with Crippen LogP contribution in [0.15, 0.2) is 64.2 Å². The van der Waals surface area contributed by atoms with Crippen molar-refractivity contribution in [3.8, 4) is 22.8 Å². The Balaban J connectivity index is 2.29. The van der Waals surface area contributed by atoms with Crippen molar-refractivity contribution in [1.29, 1.82) is 0 Å². The van der Waals surface area contributed by atoms with E-state index in [0.29, 0.717) is 5.69 Å². The van der Waals surface area contributed by atoms with Gasteiger partial charge in [-0.15, -0.1) is 0 Å². The van der Waals surface area contributed by atoms with E-state index in [2.05, 4.69) is 9.97 Å². The number of hydrogen-bond acceptors (Lipinski definition) is 4. The minimum Gasteiger partial charge on any atom is -0.506 e. The Hall–Kier alpha value is -3.41. The second kappa shape index (κ2) is 4.81. The summed E-state index contributed by atoms with van der Waals surface area (Å²) in [5, 5.41) is 11.0. The van der Waals surface area contributed by atoms with Crippen LogP contribution in [0, 0.1) is 0 Å². The monoisotopic (exact) mass is 305 g/mol. The van der Waals surface area contributed by atoms with E-state index in [0.717, 1.165) is 10.9 Å². The van der Waals surface area contributed by atoms with Crippen LogP contribution < -0.4 is 11.2 Å². The predicted molar refractivity (Wildman–Crippen MR) is 86.2 cm³/mol. The van der Waals surface area contributed by atoms with Crippen molar-refractivity contribution in [3.63, 3.8) is 0 Å². The van der Waals surface area contributed by atoms with Crippen LogP contribution in [0.1, 0.15) is 0 Å². The summed E-state index contributed by atoms with van der Waals surface area (Å²) in [5.41, 5.74) is 0.245. The quantitative estimate of drug-likeness (QED) is 0.526. The van der Waals surface area contributed by atoms with Crippen molar-refractivity contribution in [2.24, 2.45) is 0 Å². The number of H-pyrrole nitrogens is 1. The van der Waals surface area contributed by atoms with Gasteiger partial charge in [-0.1, -0.05) is 30.3 Å². The first-order chi connectivity index (χ1) is 11.1. The average molecular weight is 305 g/mol. The normalized spacial score (nSPS) is 11.1. The number of fused-ring (bicyclic) bond motifs is 2. The number of phenolic OH excluding ortho intramolecular Hbond substituents is 1. The van der Waals surface area contributed by atoms with E-state index in [-0.39, 0.29) is 17.1 Å². The summed E-state index contributed by atoms with van der Waals surface area (Å²) in [6.45, 7) is 0. The maximum Gasteiger partial charge on any atom is 0.349 e. The molecule has 112 valence electrons. The lowest BCUT2D eigenvalue weighted by Gasteiger charge is -2.18. The van der Waals surface area contributed by atoms with Gasteiger partial charge in [-0.3, -0.25) is 14.3 Å². The van der Waals surface area contributed by atoms with Gasteiger partial charge in [-0.05, 0) is 29.7 Å². The number of pyridine rings is 1. The minimum atomic E-state index is -0.720. The highest BCUT2D eigenvalue weighted by Gasteiger charge is 2.19. The second-order valence-electron chi connectivity index (χ2n) is 5.14. The Morgan fingerprint density at radius 3 is 2.57 bits per heavy atom. The van der Waals surface area contributed by atoms with Gasteiger partial charge in [0.25, 0.3) is 5.56 Å². The van der Waals surface area contributed by atoms with E-state index in [4.69, 9.17) is 0 Å². The topological polar surface area (TPSA) is 88.0 Å². The van der Waals surface area contributed by atoms with Gasteiger partial charge in [0.1, 0.15) is 5.75 Å². The zero-order chi connectivity index (χ0) is 16.0. The molecule has 2 N–H and O–H groups in total. The number of phenols is 1. The standard InChI is InChI=1S/C17H11N3O3/c21-14-8-4-3-7-13(14)20-12-6-2-1-5-10(12)9-11-15(20)18-17(23)19-16(11)22/h1-9,21H,(H,19,22,23). The fraction of sp³-hybridized carbons (Fsp3) is 0. The van der Waals surface area contributed by atoms with Gasteiger partial charge in [-0.2, -0.15) is 4.98 Å². The number of nitrogens with zero attached hydrogens (tertiary/aromatic N) is 2. The molecule has 0 saturated heterocycles. The molecule has 0 spiro atoms. The highest BCUT2D eigenvalue weighted by molar-refractivity contribution is 5.87. The van der Waals surface area contributed by atoms with Crippen molar-refractivity contribution in [2.45, 2.75) is 0 Å². The number of benzene rings is 2. The summed E-state index contributed by atoms with van der Waals surface area (Å²) in [6.07, 6.45) is 0. The maximum atomic E-state index is 12.1. The number of nitrogens with one attached hydrogen (secondary N) is 1. The van der Waals surface area contributed by atoms with Gasteiger partial charge in [0.2, 0.25) is 0 Å². The van der Waals surface area contributed by atoms with Crippen molar-refractivity contribution in [3.05, 3.63) is 75.4 Å². The maximum absolute atomic E-state index is 12.1. The molecule has 0 radical (unpaired) electrons. The first-order valence-corrected chi connectivity index (χ1v) is 6.98. The Labute approximate surface area is 129 Å². The van der Waals surface area contributed by atoms with Crippen LogP contribution in [-0.4, -0.2) is 19.6 Å². The van der Waals surface area contributed by atoms with E-state index < -0.39 is 11.2 Å². The van der Waals surface area contributed by atoms with Gasteiger partial charge in [0, 0.05) is 0 Å². The number of rotatable bonds is 1. The molecule has 0 aliphatic carbocycles. The Kier molecular flexibility index (Phi) is 2.77. The van der Waals surface area contributed by atoms with E-state index in [1.165, 1.54) is 0 Å². The molecule has 4 rings (SSSR count). The fourth-order valence-corrected chi connectivity index (χ4v) is 2.73. The molecule has 0 amide bonds. The molecule has 0 unspecified atom stereocenters. The van der Waals surface area contributed by atoms with E-state index in [1.807, 2.05) is 24.3 Å². The molecular weight excluding hydrogens is 294 g/mol. The van der Waals surface area contributed by atoms with Gasteiger partial charge >= 0.3 is 5.69 Å².